The summed E-state index contributed by atoms with van der Waals surface area (Å²) >= 11 is 1.10. The first-order valence-electron chi connectivity index (χ1n) is 16.4. The summed E-state index contributed by atoms with van der Waals surface area (Å²) in [7, 11) is -16.4. The molecular formula is C26H46N8O17P3S+. The zero-order valence-corrected chi connectivity index (χ0v) is 33.1. The zero-order chi connectivity index (χ0) is 41.2. The van der Waals surface area contributed by atoms with Crippen molar-refractivity contribution < 1.29 is 86.2 Å². The van der Waals surface area contributed by atoms with Gasteiger partial charge >= 0.3 is 23.5 Å². The van der Waals surface area contributed by atoms with Crippen LogP contribution in [0.1, 0.15) is 45.8 Å². The molecule has 1 fully saturated rings. The van der Waals surface area contributed by atoms with Crippen LogP contribution < -0.4 is 22.1 Å². The zero-order valence-electron chi connectivity index (χ0n) is 29.6. The maximum atomic E-state index is 12.7. The fraction of sp³-hybridized carbons (Fsp3) is 0.692. The number of thioether (sulfide) groups is 1. The number of quaternary nitrogens is 1. The molecule has 312 valence electrons. The summed E-state index contributed by atoms with van der Waals surface area (Å²) in [6.45, 7) is 1.27. The van der Waals surface area contributed by atoms with E-state index in [1.165, 1.54) is 13.8 Å². The van der Waals surface area contributed by atoms with Gasteiger partial charge in [0.25, 0.3) is 0 Å². The molecule has 1 aliphatic rings. The van der Waals surface area contributed by atoms with Crippen LogP contribution in [0.15, 0.2) is 12.7 Å². The number of hydrogen-bond acceptors (Lipinski definition) is 18. The van der Waals surface area contributed by atoms with E-state index in [1.54, 1.807) is 0 Å². The Morgan fingerprint density at radius 1 is 1.05 bits per heavy atom. The van der Waals surface area contributed by atoms with Gasteiger partial charge in [0.15, 0.2) is 22.8 Å². The number of nitrogens with two attached hydrogens (primary N) is 1. The van der Waals surface area contributed by atoms with Crippen LogP contribution in [0.5, 0.6) is 0 Å². The van der Waals surface area contributed by atoms with Crippen LogP contribution in [0.25, 0.3) is 11.2 Å². The Labute approximate surface area is 317 Å². The third-order valence-electron chi connectivity index (χ3n) is 7.65. The lowest BCUT2D eigenvalue weighted by atomic mass is 9.87. The second kappa shape index (κ2) is 20.3. The number of unbranched alkanes of at least 4 members (excludes halogenated alkanes) is 1. The van der Waals surface area contributed by atoms with Gasteiger partial charge in [-0.25, -0.2) is 28.6 Å². The lowest BCUT2D eigenvalue weighted by molar-refractivity contribution is -0.368. The summed E-state index contributed by atoms with van der Waals surface area (Å²) in [5.41, 5.74) is 7.98. The van der Waals surface area contributed by atoms with Crippen LogP contribution in [0.3, 0.4) is 0 Å². The SMILES string of the molecule is CC(C)(COP(=O)(O)OP(=O)(O)OCC1OC(n2cnc3c(N)ncnc32)C(O)C1OP(=O)(O)O)C(O)C(=O)NCCC(=O)NCCSC(=O)CCCC[NH3+]. The Morgan fingerprint density at radius 3 is 2.42 bits per heavy atom. The van der Waals surface area contributed by atoms with E-state index in [0.717, 1.165) is 48.4 Å². The number of hydrogen-bond donors (Lipinski definition) is 10. The van der Waals surface area contributed by atoms with Gasteiger partial charge in [0.1, 0.15) is 36.3 Å². The number of imidazole rings is 1. The molecule has 3 heterocycles. The largest absolute Gasteiger partial charge is 0.481 e. The maximum absolute atomic E-state index is 12.7. The standard InChI is InChI=1S/C26H45N8O17P3S/c1-26(2,21(38)24(39)30-8-6-16(35)29-9-10-55-17(36)5-3-4-7-27)12-48-54(45,46)51-53(43,44)47-11-15-20(50-52(40,41)42)19(37)25(49-15)34-14-33-18-22(28)31-13-32-23(18)34/h13-15,19-21,25,37-38H,3-12,27H2,1-2H3,(H,29,35)(H,30,39)(H,43,44)(H,45,46)(H2,28,31,32)(H2,40,41,42)/p+1. The number of aliphatic hydroxyl groups is 2. The van der Waals surface area contributed by atoms with E-state index in [2.05, 4.69) is 40.2 Å². The van der Waals surface area contributed by atoms with Crippen LogP contribution in [-0.4, -0.2) is 129 Å². The smallest absolute Gasteiger partial charge is 0.386 e. The number of anilines is 1. The number of nitrogen functional groups attached to an aromatic ring is 1. The van der Waals surface area contributed by atoms with Crippen molar-refractivity contribution in [2.24, 2.45) is 5.41 Å². The topological polar surface area (TPSA) is 391 Å². The highest BCUT2D eigenvalue weighted by atomic mass is 32.2. The first-order chi connectivity index (χ1) is 25.6. The van der Waals surface area contributed by atoms with Gasteiger partial charge < -0.3 is 56.6 Å². The summed E-state index contributed by atoms with van der Waals surface area (Å²) in [6, 6.07) is 0. The number of rotatable bonds is 23. The van der Waals surface area contributed by atoms with Gasteiger partial charge in [0, 0.05) is 37.1 Å². The van der Waals surface area contributed by atoms with Crippen molar-refractivity contribution in [3.63, 3.8) is 0 Å². The highest BCUT2D eigenvalue weighted by Gasteiger charge is 2.50. The molecule has 7 atom stereocenters. The molecule has 3 rings (SSSR count). The molecule has 0 spiro atoms. The van der Waals surface area contributed by atoms with Crippen LogP contribution in [0.2, 0.25) is 0 Å². The van der Waals surface area contributed by atoms with Gasteiger partial charge in [-0.1, -0.05) is 25.6 Å². The minimum absolute atomic E-state index is 0.0135. The van der Waals surface area contributed by atoms with Gasteiger partial charge in [-0.2, -0.15) is 4.31 Å². The second-order valence-electron chi connectivity index (χ2n) is 12.6. The minimum Gasteiger partial charge on any atom is -0.386 e. The summed E-state index contributed by atoms with van der Waals surface area (Å²) in [5.74, 6) is -1.07. The quantitative estimate of drug-likeness (QED) is 0.0430. The Kier molecular flexibility index (Phi) is 17.3. The van der Waals surface area contributed by atoms with E-state index in [4.69, 9.17) is 19.5 Å². The van der Waals surface area contributed by atoms with Crippen LogP contribution in [-0.2, 0) is 50.7 Å². The third kappa shape index (κ3) is 14.8. The average Bonchev–Trinajstić information content (AvgIpc) is 3.64. The molecule has 7 unspecified atom stereocenters. The number of carbonyl (C=O) groups is 3. The van der Waals surface area contributed by atoms with E-state index in [1.807, 2.05) is 0 Å². The summed E-state index contributed by atoms with van der Waals surface area (Å²) < 4.78 is 62.0. The number of nitrogens with zero attached hydrogens (tertiary/aromatic N) is 4. The van der Waals surface area contributed by atoms with E-state index < -0.39 is 84.6 Å². The van der Waals surface area contributed by atoms with E-state index >= 15 is 0 Å². The molecule has 2 amide bonds. The monoisotopic (exact) mass is 867 g/mol. The first kappa shape index (κ1) is 46.9. The highest BCUT2D eigenvalue weighted by Crippen LogP contribution is 2.61. The fourth-order valence-corrected chi connectivity index (χ4v) is 8.36. The fourth-order valence-electron chi connectivity index (χ4n) is 4.81. The number of nitrogens with one attached hydrogen (secondary N) is 2. The molecule has 55 heavy (non-hydrogen) atoms. The molecule has 0 aromatic carbocycles. The molecule has 25 nitrogen and oxygen atoms in total. The summed E-state index contributed by atoms with van der Waals surface area (Å²) in [4.78, 5) is 87.2. The Balaban J connectivity index is 1.49. The lowest BCUT2D eigenvalue weighted by Gasteiger charge is -2.30. The third-order valence-corrected chi connectivity index (χ3v) is 11.7. The van der Waals surface area contributed by atoms with Crippen LogP contribution in [0, 0.1) is 5.41 Å². The van der Waals surface area contributed by atoms with Crippen molar-refractivity contribution in [1.82, 2.24) is 30.2 Å². The van der Waals surface area contributed by atoms with Gasteiger partial charge in [-0.15, -0.1) is 0 Å². The van der Waals surface area contributed by atoms with E-state index in [-0.39, 0.29) is 41.6 Å². The van der Waals surface area contributed by atoms with E-state index in [9.17, 15) is 57.9 Å². The van der Waals surface area contributed by atoms with Gasteiger partial charge in [0.05, 0.1) is 26.1 Å². The summed E-state index contributed by atoms with van der Waals surface area (Å²) in [6.07, 6.45) is -4.87. The maximum Gasteiger partial charge on any atom is 0.481 e. The lowest BCUT2D eigenvalue weighted by Crippen LogP contribution is -2.50. The number of fused-ring (bicyclic) bond motifs is 1. The van der Waals surface area contributed by atoms with E-state index in [0.29, 0.717) is 12.2 Å². The number of carbonyl (C=O) groups excluding carboxylic acids is 3. The highest BCUT2D eigenvalue weighted by molar-refractivity contribution is 8.13. The number of aromatic nitrogens is 4. The number of phosphoric acid groups is 3. The van der Waals surface area contributed by atoms with Crippen molar-refractivity contribution in [3.05, 3.63) is 12.7 Å². The molecule has 0 saturated carbocycles. The molecule has 2 aromatic rings. The first-order valence-corrected chi connectivity index (χ1v) is 21.9. The summed E-state index contributed by atoms with van der Waals surface area (Å²) in [5, 5.41) is 26.4. The van der Waals surface area contributed by atoms with Gasteiger partial charge in [-0.05, 0) is 12.8 Å². The molecule has 1 saturated heterocycles. The van der Waals surface area contributed by atoms with Crippen molar-refractivity contribution in [3.8, 4) is 0 Å². The molecule has 1 aliphatic heterocycles. The molecule has 29 heteroatoms. The van der Waals surface area contributed by atoms with Crippen LogP contribution in [0.4, 0.5) is 5.82 Å². The van der Waals surface area contributed by atoms with Crippen molar-refractivity contribution in [2.45, 2.75) is 70.2 Å². The molecule has 0 aliphatic carbocycles. The normalized spacial score (nSPS) is 21.8. The predicted octanol–water partition coefficient (Wildman–Crippen LogP) is -1.92. The number of ether oxygens (including phenoxy) is 1. The number of amides is 2. The Morgan fingerprint density at radius 2 is 1.75 bits per heavy atom. The average molecular weight is 868 g/mol. The molecule has 0 bridgehead atoms. The molecular weight excluding hydrogens is 821 g/mol. The Hall–Kier alpha value is -2.48. The van der Waals surface area contributed by atoms with Crippen LogP contribution >= 0.6 is 35.2 Å². The second-order valence-corrected chi connectivity index (χ2v) is 18.0. The van der Waals surface area contributed by atoms with Gasteiger partial charge in [0.2, 0.25) is 11.8 Å². The molecule has 2 aromatic heterocycles. The van der Waals surface area contributed by atoms with Crippen molar-refractivity contribution in [2.75, 3.05) is 44.3 Å². The molecule has 13 N–H and O–H groups in total. The minimum atomic E-state index is -5.57. The van der Waals surface area contributed by atoms with Crippen molar-refractivity contribution >= 4 is 69.1 Å². The molecule has 0 radical (unpaired) electrons. The van der Waals surface area contributed by atoms with Gasteiger partial charge in [-0.3, -0.25) is 32.5 Å². The number of phosphoric ester groups is 3. The Bertz CT molecular complexity index is 1780. The van der Waals surface area contributed by atoms with Crippen molar-refractivity contribution in [1.29, 1.82) is 0 Å². The predicted molar refractivity (Wildman–Crippen MR) is 189 cm³/mol. The number of aliphatic hydroxyl groups excluding tert-OH is 2.